The minimum Gasteiger partial charge on any atom is -0.387 e. The smallest absolute Gasteiger partial charge is 0.315 e. The number of aromatic nitrogens is 8. The Balaban J connectivity index is 0.767. The van der Waals surface area contributed by atoms with Gasteiger partial charge in [0.15, 0.2) is 58.6 Å². The van der Waals surface area contributed by atoms with Crippen LogP contribution < -0.4 is 41.7 Å². The summed E-state index contributed by atoms with van der Waals surface area (Å²) in [6.07, 6.45) is -7.03. The zero-order valence-electron chi connectivity index (χ0n) is 47.5. The second kappa shape index (κ2) is 25.4. The summed E-state index contributed by atoms with van der Waals surface area (Å²) in [5, 5.41) is 63.5. The number of aliphatic hydroxyl groups is 4. The van der Waals surface area contributed by atoms with Gasteiger partial charge < -0.3 is 71.6 Å². The fourth-order valence-corrected chi connectivity index (χ4v) is 12.0. The fourth-order valence-electron chi connectivity index (χ4n) is 12.0. The third kappa shape index (κ3) is 11.8. The Morgan fingerprint density at radius 2 is 0.884 bits per heavy atom. The minimum atomic E-state index is -1.52. The number of amides is 4. The highest BCUT2D eigenvalue weighted by atomic mass is 16.6. The van der Waals surface area contributed by atoms with Gasteiger partial charge in [0.05, 0.1) is 12.7 Å². The number of hydrogen-bond acceptors (Lipinski definition) is 19. The lowest BCUT2D eigenvalue weighted by atomic mass is 9.91. The number of nitrogens with zero attached hydrogens (tertiary/aromatic N) is 10. The van der Waals surface area contributed by atoms with Crippen molar-refractivity contribution in [2.45, 2.75) is 99.7 Å². The van der Waals surface area contributed by atoms with Gasteiger partial charge in [0, 0.05) is 76.3 Å². The zero-order valence-corrected chi connectivity index (χ0v) is 47.5. The van der Waals surface area contributed by atoms with Crippen LogP contribution in [0.15, 0.2) is 134 Å². The van der Waals surface area contributed by atoms with Crippen LogP contribution in [0.2, 0.25) is 0 Å². The van der Waals surface area contributed by atoms with Crippen LogP contribution in [-0.4, -0.2) is 178 Å². The molecule has 12 rings (SSSR count). The Labute approximate surface area is 495 Å². The second-order valence-corrected chi connectivity index (χ2v) is 22.0. The largest absolute Gasteiger partial charge is 0.387 e. The van der Waals surface area contributed by atoms with Crippen molar-refractivity contribution in [1.29, 1.82) is 0 Å². The van der Waals surface area contributed by atoms with E-state index in [9.17, 15) is 34.8 Å². The van der Waals surface area contributed by atoms with E-state index in [0.717, 1.165) is 22.3 Å². The molecule has 0 radical (unpaired) electrons. The summed E-state index contributed by atoms with van der Waals surface area (Å²) in [6, 6.07) is 39.6. The molecule has 0 bridgehead atoms. The monoisotopic (exact) mass is 1170 g/mol. The van der Waals surface area contributed by atoms with Crippen molar-refractivity contribution in [3.63, 3.8) is 0 Å². The van der Waals surface area contributed by atoms with Crippen molar-refractivity contribution in [2.75, 3.05) is 72.8 Å². The molecule has 25 nitrogen and oxygen atoms in total. The number of fused-ring (bicyclic) bond motifs is 2. The topological polar surface area (TPSA) is 316 Å². The quantitative estimate of drug-likeness (QED) is 0.0524. The summed E-state index contributed by atoms with van der Waals surface area (Å²) < 4.78 is 15.1. The molecule has 1 unspecified atom stereocenters. The van der Waals surface area contributed by atoms with Gasteiger partial charge in [-0.3, -0.25) is 18.7 Å². The zero-order chi connectivity index (χ0) is 59.4. The summed E-state index contributed by atoms with van der Waals surface area (Å²) in [6.45, 7) is 6.64. The molecule has 0 aliphatic carbocycles. The van der Waals surface area contributed by atoms with E-state index in [2.05, 4.69) is 80.4 Å². The van der Waals surface area contributed by atoms with Crippen LogP contribution in [0.3, 0.4) is 0 Å². The summed E-state index contributed by atoms with van der Waals surface area (Å²) in [7, 11) is 0. The lowest BCUT2D eigenvalue weighted by molar-refractivity contribution is -0.138. The van der Waals surface area contributed by atoms with Gasteiger partial charge in [0.25, 0.3) is 11.8 Å². The van der Waals surface area contributed by atoms with E-state index in [4.69, 9.17) is 39.4 Å². The highest BCUT2D eigenvalue weighted by Gasteiger charge is 2.49. The Kier molecular flexibility index (Phi) is 17.0. The molecule has 4 aliphatic rings. The molecule has 4 aromatic carbocycles. The molecule has 25 heteroatoms. The average molecular weight is 1170 g/mol. The Morgan fingerprint density at radius 1 is 0.523 bits per heavy atom. The van der Waals surface area contributed by atoms with E-state index in [1.54, 1.807) is 13.8 Å². The van der Waals surface area contributed by atoms with E-state index in [-0.39, 0.29) is 30.0 Å². The molecule has 4 saturated heterocycles. The fraction of sp³-hybridized carbons (Fsp3) is 0.393. The van der Waals surface area contributed by atoms with Crippen molar-refractivity contribution in [1.82, 2.24) is 60.3 Å². The number of aliphatic hydroxyl groups excluding tert-OH is 4. The molecule has 86 heavy (non-hydrogen) atoms. The first-order valence-corrected chi connectivity index (χ1v) is 29.3. The maximum Gasteiger partial charge on any atom is 0.315 e. The summed E-state index contributed by atoms with van der Waals surface area (Å²) in [5.74, 6) is 0.229. The SMILES string of the molecule is CCNC(=O)C1O[C@@H](n2cnc3c(NCC(c4ccccc4)c4ccccc4)nc(N4CC[C@@H](NC(=O)N[C@@H]5CCN(c6nc(NCC(c7ccccc7)c7ccccc7)c7ncn([C@@H]8O[C@H](C(=O)NCC)[C@@H](O)[C@H]8O)c7n6)C5)C4)nc32)[C@H](O)[C@@H]1O. The highest BCUT2D eigenvalue weighted by Crippen LogP contribution is 2.37. The maximum absolute atomic E-state index is 14.0. The molecule has 448 valence electrons. The van der Waals surface area contributed by atoms with E-state index in [1.807, 2.05) is 82.6 Å². The van der Waals surface area contributed by atoms with Crippen LogP contribution in [0.1, 0.15) is 73.2 Å². The first-order chi connectivity index (χ1) is 41.9. The highest BCUT2D eigenvalue weighted by molar-refractivity contribution is 5.87. The van der Waals surface area contributed by atoms with Gasteiger partial charge in [-0.2, -0.15) is 19.9 Å². The lowest BCUT2D eigenvalue weighted by Crippen LogP contribution is -2.48. The molecule has 0 spiro atoms. The first-order valence-electron chi connectivity index (χ1n) is 29.3. The molecule has 4 aromatic heterocycles. The number of rotatable bonds is 20. The van der Waals surface area contributed by atoms with Crippen molar-refractivity contribution in [2.24, 2.45) is 0 Å². The van der Waals surface area contributed by atoms with E-state index < -0.39 is 60.9 Å². The number of nitrogens with one attached hydrogen (secondary N) is 6. The Hall–Kier alpha value is -8.85. The third-order valence-electron chi connectivity index (χ3n) is 16.4. The number of benzene rings is 4. The van der Waals surface area contributed by atoms with Crippen molar-refractivity contribution in [3.8, 4) is 0 Å². The van der Waals surface area contributed by atoms with Gasteiger partial charge in [-0.1, -0.05) is 121 Å². The number of likely N-dealkylation sites (N-methyl/N-ethyl adjacent to an activating group) is 2. The van der Waals surface area contributed by atoms with E-state index in [0.29, 0.717) is 111 Å². The van der Waals surface area contributed by atoms with Crippen LogP contribution in [0.5, 0.6) is 0 Å². The Bertz CT molecular complexity index is 3330. The third-order valence-corrected chi connectivity index (χ3v) is 16.4. The first kappa shape index (κ1) is 57.6. The van der Waals surface area contributed by atoms with E-state index in [1.165, 1.54) is 21.8 Å². The van der Waals surface area contributed by atoms with Gasteiger partial charge in [0.2, 0.25) is 11.9 Å². The maximum atomic E-state index is 14.0. The van der Waals surface area contributed by atoms with Gasteiger partial charge in [0.1, 0.15) is 24.4 Å². The number of ether oxygens (including phenoxy) is 2. The Morgan fingerprint density at radius 3 is 1.23 bits per heavy atom. The lowest BCUT2D eigenvalue weighted by Gasteiger charge is -2.22. The van der Waals surface area contributed by atoms with Crippen molar-refractivity contribution < 1.29 is 44.3 Å². The molecule has 4 aliphatic heterocycles. The van der Waals surface area contributed by atoms with Crippen LogP contribution in [0.25, 0.3) is 22.3 Å². The molecule has 10 N–H and O–H groups in total. The molecule has 8 aromatic rings. The van der Waals surface area contributed by atoms with Crippen LogP contribution in [-0.2, 0) is 19.1 Å². The predicted molar refractivity (Wildman–Crippen MR) is 319 cm³/mol. The number of anilines is 4. The molecule has 4 amide bonds. The van der Waals surface area contributed by atoms with Crippen LogP contribution in [0, 0.1) is 0 Å². The molecule has 10 atom stereocenters. The molecular formula is C61H70N16O9. The molecule has 4 fully saturated rings. The standard InChI is InChI=1S/C61H70N16O9/c1-3-62-55(82)49-45(78)47(80)57(85-49)76-33-66-43-51(64-29-41(35-17-9-5-10-18-35)36-19-11-6-12-20-36)70-59(72-53(43)76)74-27-25-39(31-74)68-61(84)69-40-26-28-75(32-40)60-71-52(65-30-42(37-21-13-7-14-22-37)38-23-15-8-16-24-38)44-54(73-60)77(34-67-44)58-48(81)46(79)50(86-58)56(83)63-4-2/h5-24,33-34,39-42,45-50,57-58,78-81H,3-4,25-32H2,1-2H3,(H,62,82)(H,63,83)(H,64,70,72)(H,65,71,73)(H2,68,69,84)/t39-,40-,45+,46+,47-,48-,49+,50?,57-,58-/m1/s1. The predicted octanol–water partition coefficient (Wildman–Crippen LogP) is 3.12. The number of urea groups is 1. The van der Waals surface area contributed by atoms with Crippen LogP contribution in [0.4, 0.5) is 28.3 Å². The average Bonchev–Trinajstić information content (AvgIpc) is 2.95. The molecular weight excluding hydrogens is 1100 g/mol. The minimum absolute atomic E-state index is 0.0800. The number of carbonyl (C=O) groups excluding carboxylic acids is 3. The second-order valence-electron chi connectivity index (χ2n) is 22.0. The number of hydrogen-bond donors (Lipinski definition) is 10. The summed E-state index contributed by atoms with van der Waals surface area (Å²) in [5.41, 5.74) is 5.73. The van der Waals surface area contributed by atoms with Crippen LogP contribution >= 0.6 is 0 Å². The van der Waals surface area contributed by atoms with Gasteiger partial charge in [-0.05, 0) is 48.9 Å². The molecule has 8 heterocycles. The summed E-state index contributed by atoms with van der Waals surface area (Å²) in [4.78, 5) is 73.2. The summed E-state index contributed by atoms with van der Waals surface area (Å²) >= 11 is 0. The normalized spacial score (nSPS) is 23.8. The van der Waals surface area contributed by atoms with Gasteiger partial charge in [-0.15, -0.1) is 0 Å². The number of imidazole rings is 2. The van der Waals surface area contributed by atoms with Crippen molar-refractivity contribution >= 4 is 63.7 Å². The number of carbonyl (C=O) groups is 3. The van der Waals surface area contributed by atoms with E-state index >= 15 is 0 Å². The van der Waals surface area contributed by atoms with Crippen molar-refractivity contribution in [3.05, 3.63) is 156 Å². The van der Waals surface area contributed by atoms with Gasteiger partial charge in [-0.25, -0.2) is 14.8 Å². The molecule has 0 saturated carbocycles. The van der Waals surface area contributed by atoms with Gasteiger partial charge >= 0.3 is 6.03 Å².